The number of hydrogen-bond acceptors (Lipinski definition) is 3. The maximum absolute atomic E-state index is 10.6. The van der Waals surface area contributed by atoms with Gasteiger partial charge >= 0.3 is 0 Å². The molecule has 0 radical (unpaired) electrons. The highest BCUT2D eigenvalue weighted by Gasteiger charge is 2.15. The summed E-state index contributed by atoms with van der Waals surface area (Å²) >= 11 is 3.20. The summed E-state index contributed by atoms with van der Waals surface area (Å²) in [4.78, 5) is 10.2. The quantitative estimate of drug-likeness (QED) is 0.580. The number of nitro groups is 1. The van der Waals surface area contributed by atoms with Gasteiger partial charge in [-0.2, -0.15) is 5.10 Å². The van der Waals surface area contributed by atoms with Crippen LogP contribution in [-0.2, 0) is 7.05 Å². The van der Waals surface area contributed by atoms with E-state index in [1.54, 1.807) is 24.0 Å². The zero-order chi connectivity index (χ0) is 10.3. The smallest absolute Gasteiger partial charge is 0.268 e. The van der Waals surface area contributed by atoms with Gasteiger partial charge in [-0.05, 0) is 22.0 Å². The Labute approximate surface area is 87.6 Å². The van der Waals surface area contributed by atoms with Crippen LogP contribution < -0.4 is 0 Å². The molecule has 0 spiro atoms. The number of fused-ring (bicyclic) bond motifs is 1. The van der Waals surface area contributed by atoms with Gasteiger partial charge in [-0.25, -0.2) is 0 Å². The first kappa shape index (κ1) is 9.14. The molecular weight excluding hydrogens is 250 g/mol. The van der Waals surface area contributed by atoms with Gasteiger partial charge in [0.05, 0.1) is 16.6 Å². The van der Waals surface area contributed by atoms with Gasteiger partial charge < -0.3 is 0 Å². The van der Waals surface area contributed by atoms with Crippen LogP contribution in [0, 0.1) is 10.1 Å². The molecule has 0 N–H and O–H groups in total. The maximum atomic E-state index is 10.6. The van der Waals surface area contributed by atoms with E-state index >= 15 is 0 Å². The Bertz CT molecular complexity index is 521. The second-order valence-corrected chi connectivity index (χ2v) is 3.65. The summed E-state index contributed by atoms with van der Waals surface area (Å²) in [5.41, 5.74) is 0.924. The third kappa shape index (κ3) is 1.19. The summed E-state index contributed by atoms with van der Waals surface area (Å²) in [7, 11) is 1.79. The van der Waals surface area contributed by atoms with Crippen molar-refractivity contribution in [2.75, 3.05) is 0 Å². The molecule has 0 unspecified atom stereocenters. The van der Waals surface area contributed by atoms with E-state index in [2.05, 4.69) is 21.0 Å². The van der Waals surface area contributed by atoms with Gasteiger partial charge in [-0.1, -0.05) is 0 Å². The van der Waals surface area contributed by atoms with Crippen LogP contribution in [0.2, 0.25) is 0 Å². The summed E-state index contributed by atoms with van der Waals surface area (Å²) in [6.07, 6.45) is 1.60. The molecular formula is C8H6BrN3O2. The van der Waals surface area contributed by atoms with Crippen molar-refractivity contribution in [3.05, 3.63) is 32.9 Å². The number of aromatic nitrogens is 2. The fraction of sp³-hybridized carbons (Fsp3) is 0.125. The molecule has 0 aliphatic heterocycles. The van der Waals surface area contributed by atoms with Crippen molar-refractivity contribution >= 4 is 32.5 Å². The lowest BCUT2D eigenvalue weighted by Crippen LogP contribution is -1.91. The van der Waals surface area contributed by atoms with E-state index in [1.807, 2.05) is 0 Å². The summed E-state index contributed by atoms with van der Waals surface area (Å²) in [5.74, 6) is 0. The zero-order valence-corrected chi connectivity index (χ0v) is 8.85. The Kier molecular flexibility index (Phi) is 1.99. The zero-order valence-electron chi connectivity index (χ0n) is 7.27. The lowest BCUT2D eigenvalue weighted by atomic mass is 10.2. The van der Waals surface area contributed by atoms with Gasteiger partial charge in [0.2, 0.25) is 0 Å². The molecule has 0 saturated heterocycles. The molecule has 0 saturated carbocycles. The molecule has 2 aromatic rings. The molecule has 0 fully saturated rings. The summed E-state index contributed by atoms with van der Waals surface area (Å²) in [5, 5.41) is 15.4. The van der Waals surface area contributed by atoms with E-state index in [0.29, 0.717) is 4.47 Å². The van der Waals surface area contributed by atoms with E-state index in [9.17, 15) is 10.1 Å². The fourth-order valence-corrected chi connectivity index (χ4v) is 1.91. The van der Waals surface area contributed by atoms with E-state index in [-0.39, 0.29) is 5.69 Å². The van der Waals surface area contributed by atoms with Crippen molar-refractivity contribution in [3.63, 3.8) is 0 Å². The van der Waals surface area contributed by atoms with Gasteiger partial charge in [-0.3, -0.25) is 14.8 Å². The topological polar surface area (TPSA) is 61.0 Å². The molecule has 0 aliphatic carbocycles. The highest BCUT2D eigenvalue weighted by molar-refractivity contribution is 9.10. The SMILES string of the molecule is Cn1ncc2c(Br)c([N+](=O)[O-])ccc21. The number of hydrogen-bond donors (Lipinski definition) is 0. The monoisotopic (exact) mass is 255 g/mol. The molecule has 0 atom stereocenters. The standard InChI is InChI=1S/C8H6BrN3O2/c1-11-6-2-3-7(12(13)14)8(9)5(6)4-10-11/h2-4H,1H3. The fourth-order valence-electron chi connectivity index (χ4n) is 1.32. The molecule has 0 amide bonds. The lowest BCUT2D eigenvalue weighted by Gasteiger charge is -1.97. The predicted molar refractivity (Wildman–Crippen MR) is 55.1 cm³/mol. The largest absolute Gasteiger partial charge is 0.284 e. The highest BCUT2D eigenvalue weighted by Crippen LogP contribution is 2.32. The van der Waals surface area contributed by atoms with Gasteiger partial charge in [0.15, 0.2) is 0 Å². The minimum Gasteiger partial charge on any atom is -0.268 e. The van der Waals surface area contributed by atoms with Crippen LogP contribution in [0.15, 0.2) is 22.8 Å². The molecule has 14 heavy (non-hydrogen) atoms. The molecule has 6 heteroatoms. The van der Waals surface area contributed by atoms with Crippen molar-refractivity contribution in [1.82, 2.24) is 9.78 Å². The number of halogens is 1. The summed E-state index contributed by atoms with van der Waals surface area (Å²) in [6.45, 7) is 0. The lowest BCUT2D eigenvalue weighted by molar-refractivity contribution is -0.385. The minimum absolute atomic E-state index is 0.0606. The van der Waals surface area contributed by atoms with Crippen LogP contribution in [0.5, 0.6) is 0 Å². The Morgan fingerprint density at radius 2 is 2.29 bits per heavy atom. The molecule has 72 valence electrons. The summed E-state index contributed by atoms with van der Waals surface area (Å²) < 4.78 is 2.15. The van der Waals surface area contributed by atoms with E-state index in [1.165, 1.54) is 6.07 Å². The van der Waals surface area contributed by atoms with Gasteiger partial charge in [0.25, 0.3) is 5.69 Å². The second-order valence-electron chi connectivity index (χ2n) is 2.86. The number of rotatable bonds is 1. The Balaban J connectivity index is 2.82. The summed E-state index contributed by atoms with van der Waals surface area (Å²) in [6, 6.07) is 3.15. The normalized spacial score (nSPS) is 10.7. The Morgan fingerprint density at radius 3 is 2.93 bits per heavy atom. The van der Waals surface area contributed by atoms with Crippen molar-refractivity contribution in [2.45, 2.75) is 0 Å². The molecule has 1 aromatic carbocycles. The van der Waals surface area contributed by atoms with Crippen LogP contribution in [0.1, 0.15) is 0 Å². The van der Waals surface area contributed by atoms with E-state index in [0.717, 1.165) is 10.9 Å². The van der Waals surface area contributed by atoms with Crippen LogP contribution in [0.3, 0.4) is 0 Å². The van der Waals surface area contributed by atoms with Gasteiger partial charge in [0.1, 0.15) is 4.47 Å². The average Bonchev–Trinajstić information content (AvgIpc) is 2.49. The van der Waals surface area contributed by atoms with Crippen LogP contribution in [0.25, 0.3) is 10.9 Å². The number of aryl methyl sites for hydroxylation is 1. The van der Waals surface area contributed by atoms with E-state index < -0.39 is 4.92 Å². The van der Waals surface area contributed by atoms with Crippen molar-refractivity contribution in [2.24, 2.45) is 7.05 Å². The Morgan fingerprint density at radius 1 is 1.57 bits per heavy atom. The van der Waals surface area contributed by atoms with Crippen LogP contribution in [-0.4, -0.2) is 14.7 Å². The molecule has 1 aromatic heterocycles. The van der Waals surface area contributed by atoms with Crippen molar-refractivity contribution in [1.29, 1.82) is 0 Å². The first-order chi connectivity index (χ1) is 6.61. The number of nitro benzene ring substituents is 1. The van der Waals surface area contributed by atoms with E-state index in [4.69, 9.17) is 0 Å². The Hall–Kier alpha value is -1.43. The van der Waals surface area contributed by atoms with Gasteiger partial charge in [-0.15, -0.1) is 0 Å². The maximum Gasteiger partial charge on any atom is 0.284 e. The average molecular weight is 256 g/mol. The van der Waals surface area contributed by atoms with Gasteiger partial charge in [0, 0.05) is 18.5 Å². The molecule has 5 nitrogen and oxygen atoms in total. The van der Waals surface area contributed by atoms with Crippen LogP contribution in [0.4, 0.5) is 5.69 Å². The van der Waals surface area contributed by atoms with Crippen molar-refractivity contribution in [3.8, 4) is 0 Å². The number of benzene rings is 1. The number of nitrogens with zero attached hydrogens (tertiary/aromatic N) is 3. The highest BCUT2D eigenvalue weighted by atomic mass is 79.9. The first-order valence-electron chi connectivity index (χ1n) is 3.86. The molecule has 2 rings (SSSR count). The third-order valence-electron chi connectivity index (χ3n) is 2.04. The van der Waals surface area contributed by atoms with Crippen molar-refractivity contribution < 1.29 is 4.92 Å². The molecule has 0 bridgehead atoms. The van der Waals surface area contributed by atoms with Crippen LogP contribution >= 0.6 is 15.9 Å². The predicted octanol–water partition coefficient (Wildman–Crippen LogP) is 2.24. The first-order valence-corrected chi connectivity index (χ1v) is 4.65. The molecule has 0 aliphatic rings. The minimum atomic E-state index is -0.420. The molecule has 1 heterocycles. The third-order valence-corrected chi connectivity index (χ3v) is 2.88. The second kappa shape index (κ2) is 3.06.